The highest BCUT2D eigenvalue weighted by atomic mass is 35.5. The van der Waals surface area contributed by atoms with E-state index < -0.39 is 6.23 Å². The van der Waals surface area contributed by atoms with Gasteiger partial charge in [0.15, 0.2) is 17.2 Å². The molecule has 1 aliphatic rings. The number of aromatic nitrogens is 3. The van der Waals surface area contributed by atoms with Gasteiger partial charge in [-0.1, -0.05) is 67.7 Å². The molecule has 0 spiro atoms. The van der Waals surface area contributed by atoms with Crippen LogP contribution in [0.3, 0.4) is 0 Å². The van der Waals surface area contributed by atoms with E-state index in [0.717, 1.165) is 23.4 Å². The molecule has 0 fully saturated rings. The van der Waals surface area contributed by atoms with Gasteiger partial charge < -0.3 is 19.5 Å². The zero-order valence-electron chi connectivity index (χ0n) is 18.9. The fourth-order valence-electron chi connectivity index (χ4n) is 3.70. The third-order valence-corrected chi connectivity index (χ3v) is 6.46. The molecule has 7 nitrogen and oxygen atoms in total. The first-order valence-electron chi connectivity index (χ1n) is 11.0. The predicted octanol–water partition coefficient (Wildman–Crippen LogP) is 6.38. The summed E-state index contributed by atoms with van der Waals surface area (Å²) in [6, 6.07) is 11.3. The van der Waals surface area contributed by atoms with Gasteiger partial charge in [0.05, 0.1) is 19.8 Å². The first-order valence-corrected chi connectivity index (χ1v) is 12.3. The number of thioether (sulfide) groups is 1. The Labute approximate surface area is 203 Å². The van der Waals surface area contributed by atoms with Gasteiger partial charge in [0.2, 0.25) is 17.3 Å². The Balaban J connectivity index is 1.71. The van der Waals surface area contributed by atoms with Crippen LogP contribution in [-0.4, -0.2) is 35.2 Å². The maximum Gasteiger partial charge on any atom is 0.247 e. The molecule has 1 aliphatic heterocycles. The first kappa shape index (κ1) is 23.4. The number of ether oxygens (including phenoxy) is 3. The number of fused-ring (bicyclic) bond motifs is 3. The quantitative estimate of drug-likeness (QED) is 0.275. The van der Waals surface area contributed by atoms with Crippen LogP contribution in [0, 0.1) is 0 Å². The molecule has 1 aromatic heterocycles. The van der Waals surface area contributed by atoms with Gasteiger partial charge in [-0.3, -0.25) is 0 Å². The average molecular weight is 487 g/mol. The standard InChI is InChI=1S/C24H27ClN4O3S/c1-4-5-6-9-12-33-24-27-23-20(28-29-24)16-10-7-8-11-18(16)26-22(32-23)17-13-15(25)14-19(30-2)21(17)31-3/h7-8,10-11,13-14,22,26H,4-6,9,12H2,1-3H3/t22-/m0/s1. The van der Waals surface area contributed by atoms with Crippen molar-refractivity contribution in [3.8, 4) is 28.6 Å². The fourth-order valence-corrected chi connectivity index (χ4v) is 4.69. The summed E-state index contributed by atoms with van der Waals surface area (Å²) >= 11 is 7.97. The summed E-state index contributed by atoms with van der Waals surface area (Å²) in [6.45, 7) is 2.21. The normalized spacial score (nSPS) is 14.4. The number of hydrogen-bond acceptors (Lipinski definition) is 8. The third kappa shape index (κ3) is 5.28. The van der Waals surface area contributed by atoms with Gasteiger partial charge in [-0.05, 0) is 18.6 Å². The molecule has 1 N–H and O–H groups in total. The van der Waals surface area contributed by atoms with Crippen molar-refractivity contribution < 1.29 is 14.2 Å². The number of rotatable bonds is 9. The minimum Gasteiger partial charge on any atom is -0.493 e. The molecule has 0 radical (unpaired) electrons. The fraction of sp³-hybridized carbons (Fsp3) is 0.375. The molecule has 0 amide bonds. The highest BCUT2D eigenvalue weighted by Gasteiger charge is 2.29. The number of nitrogens with one attached hydrogen (secondary N) is 1. The van der Waals surface area contributed by atoms with E-state index in [4.69, 9.17) is 30.8 Å². The molecule has 2 heterocycles. The minimum absolute atomic E-state index is 0.407. The molecular weight excluding hydrogens is 460 g/mol. The minimum atomic E-state index is -0.631. The Morgan fingerprint density at radius 1 is 1.09 bits per heavy atom. The second kappa shape index (κ2) is 10.9. The van der Waals surface area contributed by atoms with Gasteiger partial charge in [-0.2, -0.15) is 4.98 Å². The second-order valence-electron chi connectivity index (χ2n) is 7.58. The van der Waals surface area contributed by atoms with Crippen LogP contribution in [-0.2, 0) is 0 Å². The average Bonchev–Trinajstić information content (AvgIpc) is 2.99. The monoisotopic (exact) mass is 486 g/mol. The van der Waals surface area contributed by atoms with Crippen molar-refractivity contribution in [2.45, 2.75) is 44.0 Å². The van der Waals surface area contributed by atoms with Crippen LogP contribution in [0.4, 0.5) is 5.69 Å². The summed E-state index contributed by atoms with van der Waals surface area (Å²) in [5.41, 5.74) is 2.99. The maximum atomic E-state index is 6.38. The van der Waals surface area contributed by atoms with Gasteiger partial charge in [0, 0.05) is 28.1 Å². The predicted molar refractivity (Wildman–Crippen MR) is 132 cm³/mol. The summed E-state index contributed by atoms with van der Waals surface area (Å²) in [6.07, 6.45) is 4.14. The lowest BCUT2D eigenvalue weighted by atomic mass is 10.1. The largest absolute Gasteiger partial charge is 0.493 e. The van der Waals surface area contributed by atoms with Crippen LogP contribution in [0.2, 0.25) is 5.02 Å². The van der Waals surface area contributed by atoms with Crippen molar-refractivity contribution in [3.05, 3.63) is 47.0 Å². The summed E-state index contributed by atoms with van der Waals surface area (Å²) in [5.74, 6) is 2.41. The molecule has 0 saturated carbocycles. The van der Waals surface area contributed by atoms with Crippen molar-refractivity contribution >= 4 is 29.1 Å². The van der Waals surface area contributed by atoms with E-state index in [1.54, 1.807) is 38.1 Å². The number of benzene rings is 2. The molecule has 2 aromatic carbocycles. The Kier molecular flexibility index (Phi) is 7.77. The van der Waals surface area contributed by atoms with Crippen molar-refractivity contribution in [3.63, 3.8) is 0 Å². The van der Waals surface area contributed by atoms with Gasteiger partial charge >= 0.3 is 0 Å². The number of anilines is 1. The number of halogens is 1. The van der Waals surface area contributed by atoms with Gasteiger partial charge in [-0.25, -0.2) is 0 Å². The molecule has 9 heteroatoms. The number of nitrogens with zero attached hydrogens (tertiary/aromatic N) is 3. The van der Waals surface area contributed by atoms with Gasteiger partial charge in [-0.15, -0.1) is 10.2 Å². The Hall–Kier alpha value is -2.71. The number of methoxy groups -OCH3 is 2. The topological polar surface area (TPSA) is 78.4 Å². The molecule has 0 bridgehead atoms. The van der Waals surface area contributed by atoms with Crippen LogP contribution in [0.1, 0.15) is 44.4 Å². The van der Waals surface area contributed by atoms with Gasteiger partial charge in [0.1, 0.15) is 0 Å². The molecule has 33 heavy (non-hydrogen) atoms. The van der Waals surface area contributed by atoms with E-state index in [1.807, 2.05) is 24.3 Å². The summed E-state index contributed by atoms with van der Waals surface area (Å²) in [7, 11) is 3.16. The lowest BCUT2D eigenvalue weighted by molar-refractivity contribution is 0.218. The summed E-state index contributed by atoms with van der Waals surface area (Å²) < 4.78 is 17.5. The first-order chi connectivity index (χ1) is 16.1. The molecule has 1 atom stereocenters. The molecular formula is C24H27ClN4O3S. The van der Waals surface area contributed by atoms with Crippen LogP contribution in [0.25, 0.3) is 11.3 Å². The Bertz CT molecular complexity index is 1120. The third-order valence-electron chi connectivity index (χ3n) is 5.32. The van der Waals surface area contributed by atoms with E-state index in [-0.39, 0.29) is 0 Å². The molecule has 0 saturated heterocycles. The lowest BCUT2D eigenvalue weighted by Crippen LogP contribution is -2.18. The Morgan fingerprint density at radius 3 is 2.73 bits per heavy atom. The van der Waals surface area contributed by atoms with Gasteiger partial charge in [0.25, 0.3) is 0 Å². The van der Waals surface area contributed by atoms with E-state index in [0.29, 0.717) is 38.8 Å². The van der Waals surface area contributed by atoms with Crippen molar-refractivity contribution in [1.29, 1.82) is 0 Å². The molecule has 0 unspecified atom stereocenters. The molecule has 4 rings (SSSR count). The zero-order valence-corrected chi connectivity index (χ0v) is 20.5. The molecule has 174 valence electrons. The highest BCUT2D eigenvalue weighted by molar-refractivity contribution is 7.99. The van der Waals surface area contributed by atoms with Crippen LogP contribution in [0.5, 0.6) is 17.4 Å². The number of unbranched alkanes of at least 4 members (excludes halogenated alkanes) is 3. The number of para-hydroxylation sites is 1. The van der Waals surface area contributed by atoms with Crippen LogP contribution in [0.15, 0.2) is 41.6 Å². The molecule has 3 aromatic rings. The second-order valence-corrected chi connectivity index (χ2v) is 9.07. The van der Waals surface area contributed by atoms with E-state index in [1.165, 1.54) is 19.3 Å². The Morgan fingerprint density at radius 2 is 1.94 bits per heavy atom. The summed E-state index contributed by atoms with van der Waals surface area (Å²) in [4.78, 5) is 4.71. The van der Waals surface area contributed by atoms with E-state index in [2.05, 4.69) is 22.4 Å². The zero-order chi connectivity index (χ0) is 23.2. The van der Waals surface area contributed by atoms with Crippen LogP contribution >= 0.6 is 23.4 Å². The smallest absolute Gasteiger partial charge is 0.247 e. The molecule has 0 aliphatic carbocycles. The highest BCUT2D eigenvalue weighted by Crippen LogP contribution is 2.44. The van der Waals surface area contributed by atoms with Crippen molar-refractivity contribution in [2.24, 2.45) is 0 Å². The number of hydrogen-bond donors (Lipinski definition) is 1. The van der Waals surface area contributed by atoms with Crippen LogP contribution < -0.4 is 19.5 Å². The van der Waals surface area contributed by atoms with Crippen molar-refractivity contribution in [1.82, 2.24) is 15.2 Å². The van der Waals surface area contributed by atoms with Crippen molar-refractivity contribution in [2.75, 3.05) is 25.3 Å². The lowest BCUT2D eigenvalue weighted by Gasteiger charge is -2.22. The SMILES string of the molecule is CCCCCCSc1nnc2c(n1)O[C@@H](c1cc(Cl)cc(OC)c1OC)Nc1ccccc1-2. The summed E-state index contributed by atoms with van der Waals surface area (Å²) in [5, 5.41) is 13.4. The maximum absolute atomic E-state index is 6.38. The van der Waals surface area contributed by atoms with E-state index in [9.17, 15) is 0 Å². The van der Waals surface area contributed by atoms with E-state index >= 15 is 0 Å².